The number of benzene rings is 1. The summed E-state index contributed by atoms with van der Waals surface area (Å²) in [5, 5.41) is 13.5. The Labute approximate surface area is 101 Å². The minimum atomic E-state index is -3.75. The number of nitrogens with one attached hydrogen (secondary N) is 1. The highest BCUT2D eigenvalue weighted by Crippen LogP contribution is 2.14. The lowest BCUT2D eigenvalue weighted by atomic mass is 10.1. The zero-order valence-electron chi connectivity index (χ0n) is 9.40. The van der Waals surface area contributed by atoms with E-state index < -0.39 is 10.2 Å². The van der Waals surface area contributed by atoms with Crippen LogP contribution in [-0.4, -0.2) is 20.1 Å². The summed E-state index contributed by atoms with van der Waals surface area (Å²) in [7, 11) is -3.75. The average molecular weight is 254 g/mol. The lowest BCUT2D eigenvalue weighted by Crippen LogP contribution is -2.21. The molecule has 1 rings (SSSR count). The number of anilines is 1. The molecule has 0 aliphatic rings. The number of rotatable bonds is 3. The molecule has 6 heteroatoms. The topological polar surface area (TPSA) is 92.4 Å². The van der Waals surface area contributed by atoms with E-state index in [0.29, 0.717) is 12.1 Å². The molecule has 17 heavy (non-hydrogen) atoms. The van der Waals surface area contributed by atoms with Crippen LogP contribution in [0.3, 0.4) is 0 Å². The molecule has 0 fully saturated rings. The Balaban J connectivity index is 2.91. The van der Waals surface area contributed by atoms with Gasteiger partial charge in [-0.1, -0.05) is 11.8 Å². The van der Waals surface area contributed by atoms with E-state index in [1.807, 2.05) is 6.92 Å². The third kappa shape index (κ3) is 4.87. The Bertz CT molecular complexity index is 556. The second-order valence-corrected chi connectivity index (χ2v) is 4.75. The maximum Gasteiger partial charge on any atom is 0.296 e. The van der Waals surface area contributed by atoms with Crippen LogP contribution in [0.4, 0.5) is 5.69 Å². The van der Waals surface area contributed by atoms with Gasteiger partial charge in [0.15, 0.2) is 0 Å². The van der Waals surface area contributed by atoms with Crippen LogP contribution < -0.4 is 9.86 Å². The maximum atomic E-state index is 10.8. The molecule has 0 atom stereocenters. The number of aryl methyl sites for hydroxylation is 1. The Kier molecular flexibility index (Phi) is 4.52. The summed E-state index contributed by atoms with van der Waals surface area (Å²) in [5.74, 6) is 5.68. The standard InChI is InChI=1S/C11H14N2O3S/c1-9-8-11(13-17(12,15)16)6-5-10(9)4-2-3-7-14/h5-6,8,13-14H,3,7H2,1H3,(H2,12,15,16). The van der Waals surface area contributed by atoms with Gasteiger partial charge in [-0.05, 0) is 30.7 Å². The van der Waals surface area contributed by atoms with Crippen molar-refractivity contribution in [1.29, 1.82) is 0 Å². The van der Waals surface area contributed by atoms with Crippen LogP contribution in [0.2, 0.25) is 0 Å². The monoisotopic (exact) mass is 254 g/mol. The molecule has 5 nitrogen and oxygen atoms in total. The fourth-order valence-electron chi connectivity index (χ4n) is 1.25. The van der Waals surface area contributed by atoms with Crippen LogP contribution in [-0.2, 0) is 10.2 Å². The summed E-state index contributed by atoms with van der Waals surface area (Å²) in [5.41, 5.74) is 2.03. The summed E-state index contributed by atoms with van der Waals surface area (Å²) in [6.07, 6.45) is 0.413. The number of aliphatic hydroxyl groups is 1. The molecule has 0 heterocycles. The van der Waals surface area contributed by atoms with Gasteiger partial charge in [-0.25, -0.2) is 5.14 Å². The number of hydrogen-bond acceptors (Lipinski definition) is 3. The number of hydrogen-bond donors (Lipinski definition) is 3. The molecule has 0 saturated carbocycles. The molecular weight excluding hydrogens is 240 g/mol. The molecule has 0 aromatic heterocycles. The fourth-order valence-corrected chi connectivity index (χ4v) is 1.70. The van der Waals surface area contributed by atoms with Crippen molar-refractivity contribution in [2.24, 2.45) is 5.14 Å². The summed E-state index contributed by atoms with van der Waals surface area (Å²) < 4.78 is 23.8. The minimum absolute atomic E-state index is 0.0249. The second-order valence-electron chi connectivity index (χ2n) is 3.45. The van der Waals surface area contributed by atoms with Gasteiger partial charge < -0.3 is 5.11 Å². The Morgan fingerprint density at radius 1 is 1.47 bits per heavy atom. The summed E-state index contributed by atoms with van der Waals surface area (Å²) in [6.45, 7) is 1.84. The highest BCUT2D eigenvalue weighted by Gasteiger charge is 2.03. The normalized spacial score (nSPS) is 10.5. The summed E-state index contributed by atoms with van der Waals surface area (Å²) >= 11 is 0. The second kappa shape index (κ2) is 5.68. The molecule has 0 unspecified atom stereocenters. The van der Waals surface area contributed by atoms with Gasteiger partial charge in [-0.2, -0.15) is 8.42 Å². The largest absolute Gasteiger partial charge is 0.395 e. The zero-order valence-corrected chi connectivity index (χ0v) is 10.2. The van der Waals surface area contributed by atoms with E-state index in [2.05, 4.69) is 16.6 Å². The molecular formula is C11H14N2O3S. The minimum Gasteiger partial charge on any atom is -0.395 e. The van der Waals surface area contributed by atoms with Crippen molar-refractivity contribution in [2.75, 3.05) is 11.3 Å². The van der Waals surface area contributed by atoms with Crippen LogP contribution in [0.25, 0.3) is 0 Å². The third-order valence-corrected chi connectivity index (χ3v) is 2.47. The van der Waals surface area contributed by atoms with Crippen LogP contribution in [0.1, 0.15) is 17.5 Å². The first-order valence-corrected chi connectivity index (χ1v) is 6.48. The summed E-state index contributed by atoms with van der Waals surface area (Å²) in [6, 6.07) is 4.93. The summed E-state index contributed by atoms with van der Waals surface area (Å²) in [4.78, 5) is 0. The van der Waals surface area contributed by atoms with Gasteiger partial charge in [0.05, 0.1) is 12.3 Å². The molecule has 1 aromatic carbocycles. The van der Waals surface area contributed by atoms with Gasteiger partial charge in [0.25, 0.3) is 10.2 Å². The van der Waals surface area contributed by atoms with E-state index in [9.17, 15) is 8.42 Å². The predicted octanol–water partition coefficient (Wildman–Crippen LogP) is 0.344. The van der Waals surface area contributed by atoms with E-state index in [1.165, 1.54) is 0 Å². The van der Waals surface area contributed by atoms with Gasteiger partial charge in [-0.3, -0.25) is 4.72 Å². The molecule has 0 bridgehead atoms. The lowest BCUT2D eigenvalue weighted by molar-refractivity contribution is 0.305. The van der Waals surface area contributed by atoms with Crippen molar-refractivity contribution in [1.82, 2.24) is 0 Å². The predicted molar refractivity (Wildman–Crippen MR) is 66.5 cm³/mol. The highest BCUT2D eigenvalue weighted by molar-refractivity contribution is 7.90. The third-order valence-electron chi connectivity index (χ3n) is 1.95. The van der Waals surface area contributed by atoms with Crippen molar-refractivity contribution in [2.45, 2.75) is 13.3 Å². The van der Waals surface area contributed by atoms with Gasteiger partial charge >= 0.3 is 0 Å². The SMILES string of the molecule is Cc1cc(NS(N)(=O)=O)ccc1C#CCCO. The number of aliphatic hydroxyl groups excluding tert-OH is 1. The van der Waals surface area contributed by atoms with Crippen molar-refractivity contribution >= 4 is 15.9 Å². The van der Waals surface area contributed by atoms with Gasteiger partial charge in [0, 0.05) is 12.0 Å². The van der Waals surface area contributed by atoms with Crippen molar-refractivity contribution in [3.8, 4) is 11.8 Å². The van der Waals surface area contributed by atoms with E-state index in [0.717, 1.165) is 11.1 Å². The Hall–Kier alpha value is -1.55. The first-order chi connectivity index (χ1) is 7.92. The Morgan fingerprint density at radius 3 is 2.71 bits per heavy atom. The first-order valence-electron chi connectivity index (χ1n) is 4.93. The Morgan fingerprint density at radius 2 is 2.18 bits per heavy atom. The van der Waals surface area contributed by atoms with Gasteiger partial charge in [0.1, 0.15) is 0 Å². The zero-order chi connectivity index (χ0) is 12.9. The molecule has 0 amide bonds. The van der Waals surface area contributed by atoms with E-state index in [1.54, 1.807) is 18.2 Å². The molecule has 0 saturated heterocycles. The maximum absolute atomic E-state index is 10.8. The molecule has 4 N–H and O–H groups in total. The van der Waals surface area contributed by atoms with Crippen molar-refractivity contribution in [3.63, 3.8) is 0 Å². The number of nitrogens with two attached hydrogens (primary N) is 1. The van der Waals surface area contributed by atoms with Gasteiger partial charge in [0.2, 0.25) is 0 Å². The molecule has 0 spiro atoms. The first kappa shape index (κ1) is 13.5. The highest BCUT2D eigenvalue weighted by atomic mass is 32.2. The smallest absolute Gasteiger partial charge is 0.296 e. The van der Waals surface area contributed by atoms with Crippen molar-refractivity contribution in [3.05, 3.63) is 29.3 Å². The van der Waals surface area contributed by atoms with Crippen LogP contribution in [0, 0.1) is 18.8 Å². The molecule has 0 radical (unpaired) electrons. The molecule has 1 aromatic rings. The van der Waals surface area contributed by atoms with Crippen LogP contribution in [0.5, 0.6) is 0 Å². The molecule has 92 valence electrons. The fraction of sp³-hybridized carbons (Fsp3) is 0.273. The molecule has 0 aliphatic carbocycles. The van der Waals surface area contributed by atoms with E-state index >= 15 is 0 Å². The quantitative estimate of drug-likeness (QED) is 0.679. The lowest BCUT2D eigenvalue weighted by Gasteiger charge is -2.05. The van der Waals surface area contributed by atoms with E-state index in [-0.39, 0.29) is 6.61 Å². The van der Waals surface area contributed by atoms with Crippen molar-refractivity contribution < 1.29 is 13.5 Å². The molecule has 0 aliphatic heterocycles. The van der Waals surface area contributed by atoms with Gasteiger partial charge in [-0.15, -0.1) is 0 Å². The van der Waals surface area contributed by atoms with Crippen LogP contribution in [0.15, 0.2) is 18.2 Å². The van der Waals surface area contributed by atoms with Crippen LogP contribution >= 0.6 is 0 Å². The van der Waals surface area contributed by atoms with E-state index in [4.69, 9.17) is 10.2 Å². The average Bonchev–Trinajstić information content (AvgIpc) is 2.19.